The van der Waals surface area contributed by atoms with Gasteiger partial charge in [0.2, 0.25) is 11.8 Å². The van der Waals surface area contributed by atoms with Crippen LogP contribution < -0.4 is 0 Å². The van der Waals surface area contributed by atoms with Crippen LogP contribution in [0.2, 0.25) is 0 Å². The van der Waals surface area contributed by atoms with Gasteiger partial charge in [0.25, 0.3) is 0 Å². The van der Waals surface area contributed by atoms with Gasteiger partial charge in [-0.1, -0.05) is 51.5 Å². The number of nitrogens with zero attached hydrogens (tertiary/aromatic N) is 2. The number of likely N-dealkylation sites (tertiary alicyclic amines) is 1. The van der Waals surface area contributed by atoms with Crippen LogP contribution in [0, 0.1) is 17.8 Å². The van der Waals surface area contributed by atoms with E-state index in [0.29, 0.717) is 19.4 Å². The molecule has 1 N–H and O–H groups in total. The minimum atomic E-state index is -1.31. The molecule has 8 heteroatoms. The lowest BCUT2D eigenvalue weighted by Crippen LogP contribution is -2.60. The second-order valence-electron chi connectivity index (χ2n) is 10.3. The summed E-state index contributed by atoms with van der Waals surface area (Å²) in [7, 11) is 0. The third-order valence-electron chi connectivity index (χ3n) is 8.34. The Labute approximate surface area is 201 Å². The molecule has 2 saturated heterocycles. The third kappa shape index (κ3) is 3.44. The van der Waals surface area contributed by atoms with E-state index in [2.05, 4.69) is 0 Å². The SMILES string of the molecule is CC[C@H](C)[C@H](CO)N1C(=O)[C@@H]2[C@H]3C(=O)OCCC=C[C@@]3(CC)O[C@@]23C=CCN(C(C)C)C(=O)C13. The van der Waals surface area contributed by atoms with Gasteiger partial charge in [0, 0.05) is 12.6 Å². The van der Waals surface area contributed by atoms with E-state index in [0.717, 1.165) is 6.42 Å². The Bertz CT molecular complexity index is 900. The smallest absolute Gasteiger partial charge is 0.313 e. The maximum Gasteiger partial charge on any atom is 0.313 e. The van der Waals surface area contributed by atoms with Crippen molar-refractivity contribution in [1.29, 1.82) is 0 Å². The predicted molar refractivity (Wildman–Crippen MR) is 125 cm³/mol. The van der Waals surface area contributed by atoms with Gasteiger partial charge in [0.15, 0.2) is 0 Å². The highest BCUT2D eigenvalue weighted by molar-refractivity contribution is 5.99. The van der Waals surface area contributed by atoms with Crippen molar-refractivity contribution in [2.45, 2.75) is 83.2 Å². The molecule has 0 aromatic heterocycles. The van der Waals surface area contributed by atoms with Crippen molar-refractivity contribution in [2.75, 3.05) is 19.8 Å². The lowest BCUT2D eigenvalue weighted by molar-refractivity contribution is -0.164. The number of ether oxygens (including phenoxy) is 2. The second-order valence-corrected chi connectivity index (χ2v) is 10.3. The minimum absolute atomic E-state index is 0.0440. The first-order chi connectivity index (χ1) is 16.2. The molecular weight excluding hydrogens is 436 g/mol. The quantitative estimate of drug-likeness (QED) is 0.468. The molecule has 0 aromatic carbocycles. The number of fused-ring (bicyclic) bond motifs is 2. The zero-order valence-electron chi connectivity index (χ0n) is 20.9. The van der Waals surface area contributed by atoms with E-state index in [4.69, 9.17) is 9.47 Å². The van der Waals surface area contributed by atoms with Gasteiger partial charge in [0.05, 0.1) is 25.2 Å². The van der Waals surface area contributed by atoms with Crippen molar-refractivity contribution in [3.8, 4) is 0 Å². The van der Waals surface area contributed by atoms with Crippen molar-refractivity contribution in [1.82, 2.24) is 9.80 Å². The van der Waals surface area contributed by atoms with Gasteiger partial charge < -0.3 is 24.4 Å². The van der Waals surface area contributed by atoms with E-state index in [9.17, 15) is 19.5 Å². The Hall–Kier alpha value is -2.19. The molecule has 1 spiro atoms. The molecule has 1 unspecified atom stereocenters. The largest absolute Gasteiger partial charge is 0.465 e. The number of aliphatic hydroxyl groups excluding tert-OH is 1. The van der Waals surface area contributed by atoms with Gasteiger partial charge in [-0.25, -0.2) is 0 Å². The molecule has 0 aromatic rings. The first kappa shape index (κ1) is 24.9. The van der Waals surface area contributed by atoms with Gasteiger partial charge in [-0.3, -0.25) is 14.4 Å². The van der Waals surface area contributed by atoms with Crippen LogP contribution in [0.15, 0.2) is 24.3 Å². The fraction of sp³-hybridized carbons (Fsp3) is 0.731. The molecule has 7 atom stereocenters. The maximum atomic E-state index is 14.3. The summed E-state index contributed by atoms with van der Waals surface area (Å²) in [6.07, 6.45) is 9.34. The summed E-state index contributed by atoms with van der Waals surface area (Å²) in [5.74, 6) is -2.81. The van der Waals surface area contributed by atoms with Crippen molar-refractivity contribution in [2.24, 2.45) is 17.8 Å². The molecule has 4 aliphatic heterocycles. The van der Waals surface area contributed by atoms with E-state index >= 15 is 0 Å². The minimum Gasteiger partial charge on any atom is -0.465 e. The van der Waals surface area contributed by atoms with Gasteiger partial charge >= 0.3 is 5.97 Å². The summed E-state index contributed by atoms with van der Waals surface area (Å²) in [5, 5.41) is 10.4. The van der Waals surface area contributed by atoms with Crippen LogP contribution >= 0.6 is 0 Å². The fourth-order valence-electron chi connectivity index (χ4n) is 6.32. The highest BCUT2D eigenvalue weighted by atomic mass is 16.6. The van der Waals surface area contributed by atoms with E-state index in [1.54, 1.807) is 9.80 Å². The third-order valence-corrected chi connectivity index (χ3v) is 8.34. The molecule has 4 aliphatic rings. The number of aliphatic hydroxyl groups is 1. The summed E-state index contributed by atoms with van der Waals surface area (Å²) in [5.41, 5.74) is -2.35. The Morgan fingerprint density at radius 3 is 2.44 bits per heavy atom. The average molecular weight is 475 g/mol. The lowest BCUT2D eigenvalue weighted by Gasteiger charge is -2.42. The second kappa shape index (κ2) is 9.11. The number of carbonyl (C=O) groups excluding carboxylic acids is 3. The molecule has 188 valence electrons. The van der Waals surface area contributed by atoms with Crippen LogP contribution in [-0.2, 0) is 23.9 Å². The van der Waals surface area contributed by atoms with Crippen LogP contribution in [-0.4, -0.2) is 81.8 Å². The molecule has 4 heterocycles. The van der Waals surface area contributed by atoms with Gasteiger partial charge in [-0.15, -0.1) is 0 Å². The standard InChI is InChI=1S/C26H38N2O6/c1-6-17(5)18(15-29)28-21-23(31)27(16(3)4)13-10-12-26(21)19(22(28)30)20-24(32)33-14-9-8-11-25(20,7-2)34-26/h8,10-12,16-21,29H,6-7,9,13-15H2,1-5H3/t17-,18-,19-,20-,21?,25+,26-/m0/s1. The molecule has 34 heavy (non-hydrogen) atoms. The molecule has 2 fully saturated rings. The zero-order valence-corrected chi connectivity index (χ0v) is 20.9. The van der Waals surface area contributed by atoms with Gasteiger partial charge in [-0.2, -0.15) is 0 Å². The maximum absolute atomic E-state index is 14.3. The van der Waals surface area contributed by atoms with Crippen LogP contribution in [0.5, 0.6) is 0 Å². The lowest BCUT2D eigenvalue weighted by atomic mass is 9.73. The molecule has 0 bridgehead atoms. The first-order valence-corrected chi connectivity index (χ1v) is 12.6. The van der Waals surface area contributed by atoms with Crippen molar-refractivity contribution in [3.63, 3.8) is 0 Å². The highest BCUT2D eigenvalue weighted by Crippen LogP contribution is 2.58. The predicted octanol–water partition coefficient (Wildman–Crippen LogP) is 2.06. The van der Waals surface area contributed by atoms with Crippen LogP contribution in [0.25, 0.3) is 0 Å². The van der Waals surface area contributed by atoms with Crippen LogP contribution in [0.3, 0.4) is 0 Å². The number of hydrogen-bond acceptors (Lipinski definition) is 6. The number of amides is 2. The summed E-state index contributed by atoms with van der Waals surface area (Å²) in [4.78, 5) is 45.0. The number of esters is 1. The number of cyclic esters (lactones) is 1. The van der Waals surface area contributed by atoms with E-state index in [1.165, 1.54) is 0 Å². The Kier molecular flexibility index (Phi) is 6.68. The molecule has 2 amide bonds. The summed E-state index contributed by atoms with van der Waals surface area (Å²) < 4.78 is 12.4. The molecule has 8 nitrogen and oxygen atoms in total. The average Bonchev–Trinajstić information content (AvgIpc) is 3.15. The number of rotatable bonds is 6. The summed E-state index contributed by atoms with van der Waals surface area (Å²) in [6, 6.07) is -1.61. The molecule has 0 saturated carbocycles. The Morgan fingerprint density at radius 1 is 1.09 bits per heavy atom. The van der Waals surface area contributed by atoms with Crippen molar-refractivity contribution in [3.05, 3.63) is 24.3 Å². The Morgan fingerprint density at radius 2 is 1.82 bits per heavy atom. The molecule has 4 rings (SSSR count). The van der Waals surface area contributed by atoms with Crippen LogP contribution in [0.4, 0.5) is 0 Å². The number of hydrogen-bond donors (Lipinski definition) is 1. The van der Waals surface area contributed by atoms with Crippen molar-refractivity contribution < 1.29 is 29.0 Å². The van der Waals surface area contributed by atoms with Crippen LogP contribution in [0.1, 0.15) is 53.9 Å². The first-order valence-electron chi connectivity index (χ1n) is 12.6. The molecular formula is C26H38N2O6. The molecule has 0 radical (unpaired) electrons. The van der Waals surface area contributed by atoms with E-state index in [-0.39, 0.29) is 37.0 Å². The number of carbonyl (C=O) groups is 3. The van der Waals surface area contributed by atoms with E-state index in [1.807, 2.05) is 58.9 Å². The molecule has 0 aliphatic carbocycles. The fourth-order valence-corrected chi connectivity index (χ4v) is 6.32. The normalized spacial score (nSPS) is 37.0. The topological polar surface area (TPSA) is 96.4 Å². The monoisotopic (exact) mass is 474 g/mol. The Balaban J connectivity index is 1.94. The zero-order chi connectivity index (χ0) is 24.8. The van der Waals surface area contributed by atoms with E-state index < -0.39 is 41.1 Å². The summed E-state index contributed by atoms with van der Waals surface area (Å²) in [6.45, 7) is 10.1. The highest BCUT2D eigenvalue weighted by Gasteiger charge is 2.76. The summed E-state index contributed by atoms with van der Waals surface area (Å²) >= 11 is 0. The van der Waals surface area contributed by atoms with Gasteiger partial charge in [0.1, 0.15) is 23.2 Å². The van der Waals surface area contributed by atoms with Gasteiger partial charge in [-0.05, 0) is 32.6 Å². The van der Waals surface area contributed by atoms with Crippen molar-refractivity contribution >= 4 is 17.8 Å².